The fourth-order valence-corrected chi connectivity index (χ4v) is 3.86. The lowest BCUT2D eigenvalue weighted by atomic mass is 10.0. The minimum Gasteiger partial charge on any atom is -0.493 e. The van der Waals surface area contributed by atoms with E-state index in [0.717, 1.165) is 55.8 Å². The van der Waals surface area contributed by atoms with Crippen LogP contribution in [0.4, 0.5) is 5.95 Å². The molecule has 132 valence electrons. The standard InChI is InChI=1S/C19H24N4OS/c1-14(16-4-3-15-5-10-24-18(15)11-16)22-6-8-23(9-7-22)19-20-12-17(25-2)13-21-19/h3-4,11-14H,5-10H2,1-2H3. The average molecular weight is 356 g/mol. The fourth-order valence-electron chi connectivity index (χ4n) is 3.54. The average Bonchev–Trinajstić information content (AvgIpc) is 3.15. The second kappa shape index (κ2) is 7.22. The number of anilines is 1. The van der Waals surface area contributed by atoms with Crippen molar-refractivity contribution in [1.29, 1.82) is 0 Å². The Morgan fingerprint density at radius 1 is 1.12 bits per heavy atom. The number of aromatic nitrogens is 2. The van der Waals surface area contributed by atoms with Crippen molar-refractivity contribution in [3.63, 3.8) is 0 Å². The summed E-state index contributed by atoms with van der Waals surface area (Å²) in [7, 11) is 0. The number of rotatable bonds is 4. The van der Waals surface area contributed by atoms with Crippen LogP contribution in [0.25, 0.3) is 0 Å². The van der Waals surface area contributed by atoms with E-state index in [4.69, 9.17) is 4.74 Å². The monoisotopic (exact) mass is 356 g/mol. The summed E-state index contributed by atoms with van der Waals surface area (Å²) in [5.74, 6) is 1.92. The lowest BCUT2D eigenvalue weighted by Gasteiger charge is -2.38. The topological polar surface area (TPSA) is 41.5 Å². The van der Waals surface area contributed by atoms with Gasteiger partial charge in [0.15, 0.2) is 0 Å². The zero-order valence-corrected chi connectivity index (χ0v) is 15.6. The molecule has 1 aromatic carbocycles. The first-order valence-electron chi connectivity index (χ1n) is 8.85. The Kier molecular flexibility index (Phi) is 4.81. The molecule has 5 nitrogen and oxygen atoms in total. The van der Waals surface area contributed by atoms with E-state index in [1.165, 1.54) is 11.1 Å². The molecule has 6 heteroatoms. The number of fused-ring (bicyclic) bond motifs is 1. The summed E-state index contributed by atoms with van der Waals surface area (Å²) in [5, 5.41) is 0. The van der Waals surface area contributed by atoms with Gasteiger partial charge in [0.25, 0.3) is 0 Å². The van der Waals surface area contributed by atoms with Crippen LogP contribution in [0.15, 0.2) is 35.5 Å². The molecule has 1 atom stereocenters. The normalized spacial score (nSPS) is 18.7. The Morgan fingerprint density at radius 2 is 1.88 bits per heavy atom. The van der Waals surface area contributed by atoms with Crippen molar-refractivity contribution in [2.24, 2.45) is 0 Å². The van der Waals surface area contributed by atoms with Crippen LogP contribution >= 0.6 is 11.8 Å². The molecule has 2 aromatic rings. The van der Waals surface area contributed by atoms with Crippen LogP contribution in [-0.4, -0.2) is 53.9 Å². The highest BCUT2D eigenvalue weighted by Crippen LogP contribution is 2.31. The number of hydrogen-bond acceptors (Lipinski definition) is 6. The molecule has 25 heavy (non-hydrogen) atoms. The van der Waals surface area contributed by atoms with Gasteiger partial charge in [-0.2, -0.15) is 0 Å². The third-order valence-corrected chi connectivity index (χ3v) is 5.88. The van der Waals surface area contributed by atoms with Gasteiger partial charge in [0.2, 0.25) is 5.95 Å². The maximum atomic E-state index is 5.73. The van der Waals surface area contributed by atoms with Crippen LogP contribution in [0, 0.1) is 0 Å². The zero-order valence-electron chi connectivity index (χ0n) is 14.8. The molecule has 3 heterocycles. The van der Waals surface area contributed by atoms with E-state index in [1.807, 2.05) is 18.6 Å². The van der Waals surface area contributed by atoms with Crippen LogP contribution in [0.2, 0.25) is 0 Å². The maximum absolute atomic E-state index is 5.73. The number of hydrogen-bond donors (Lipinski definition) is 0. The minimum absolute atomic E-state index is 0.399. The van der Waals surface area contributed by atoms with Gasteiger partial charge in [0.05, 0.1) is 6.61 Å². The number of nitrogens with zero attached hydrogens (tertiary/aromatic N) is 4. The minimum atomic E-state index is 0.399. The van der Waals surface area contributed by atoms with Crippen molar-refractivity contribution >= 4 is 17.7 Å². The molecule has 2 aliphatic heterocycles. The highest BCUT2D eigenvalue weighted by Gasteiger charge is 2.24. The second-order valence-corrected chi connectivity index (χ2v) is 7.47. The van der Waals surface area contributed by atoms with Gasteiger partial charge in [0, 0.05) is 55.9 Å². The molecule has 1 fully saturated rings. The molecule has 0 aliphatic carbocycles. The summed E-state index contributed by atoms with van der Waals surface area (Å²) in [6.07, 6.45) is 6.90. The van der Waals surface area contributed by atoms with Gasteiger partial charge in [-0.1, -0.05) is 12.1 Å². The second-order valence-electron chi connectivity index (χ2n) is 6.59. The van der Waals surface area contributed by atoms with Gasteiger partial charge in [-0.15, -0.1) is 11.8 Å². The summed E-state index contributed by atoms with van der Waals surface area (Å²) in [5.41, 5.74) is 2.68. The van der Waals surface area contributed by atoms with E-state index in [9.17, 15) is 0 Å². The van der Waals surface area contributed by atoms with E-state index in [-0.39, 0.29) is 0 Å². The fraction of sp³-hybridized carbons (Fsp3) is 0.474. The predicted molar refractivity (Wildman–Crippen MR) is 102 cm³/mol. The Labute approximate surface area is 153 Å². The van der Waals surface area contributed by atoms with Crippen LogP contribution in [0.1, 0.15) is 24.1 Å². The molecule has 1 aromatic heterocycles. The first-order valence-corrected chi connectivity index (χ1v) is 10.1. The largest absolute Gasteiger partial charge is 0.493 e. The molecule has 0 N–H and O–H groups in total. The molecular formula is C19H24N4OS. The summed E-state index contributed by atoms with van der Waals surface area (Å²) in [6.45, 7) is 7.07. The van der Waals surface area contributed by atoms with Crippen LogP contribution in [-0.2, 0) is 6.42 Å². The number of thioether (sulfide) groups is 1. The Bertz CT molecular complexity index is 729. The Morgan fingerprint density at radius 3 is 2.60 bits per heavy atom. The predicted octanol–water partition coefficient (Wildman–Crippen LogP) is 3.02. The molecule has 0 amide bonds. The number of ether oxygens (including phenoxy) is 1. The quantitative estimate of drug-likeness (QED) is 0.785. The summed E-state index contributed by atoms with van der Waals surface area (Å²) < 4.78 is 5.73. The lowest BCUT2D eigenvalue weighted by Crippen LogP contribution is -2.47. The van der Waals surface area contributed by atoms with E-state index in [2.05, 4.69) is 44.9 Å². The van der Waals surface area contributed by atoms with E-state index >= 15 is 0 Å². The summed E-state index contributed by atoms with van der Waals surface area (Å²) in [6, 6.07) is 7.11. The van der Waals surface area contributed by atoms with Gasteiger partial charge in [0.1, 0.15) is 5.75 Å². The SMILES string of the molecule is CSc1cnc(N2CCN(C(C)c3ccc4c(c3)OCC4)CC2)nc1. The van der Waals surface area contributed by atoms with Crippen molar-refractivity contribution in [1.82, 2.24) is 14.9 Å². The van der Waals surface area contributed by atoms with Gasteiger partial charge in [-0.3, -0.25) is 4.90 Å². The molecule has 1 saturated heterocycles. The van der Waals surface area contributed by atoms with Gasteiger partial charge < -0.3 is 9.64 Å². The van der Waals surface area contributed by atoms with E-state index in [1.54, 1.807) is 11.8 Å². The third-order valence-electron chi connectivity index (χ3n) is 5.20. The van der Waals surface area contributed by atoms with E-state index in [0.29, 0.717) is 6.04 Å². The van der Waals surface area contributed by atoms with Gasteiger partial charge >= 0.3 is 0 Å². The van der Waals surface area contributed by atoms with Crippen LogP contribution < -0.4 is 9.64 Å². The van der Waals surface area contributed by atoms with Crippen molar-refractivity contribution in [2.75, 3.05) is 43.9 Å². The zero-order chi connectivity index (χ0) is 17.2. The van der Waals surface area contributed by atoms with Crippen LogP contribution in [0.5, 0.6) is 5.75 Å². The molecule has 0 radical (unpaired) electrons. The highest BCUT2D eigenvalue weighted by molar-refractivity contribution is 7.98. The molecule has 1 unspecified atom stereocenters. The lowest BCUT2D eigenvalue weighted by molar-refractivity contribution is 0.197. The molecule has 0 bridgehead atoms. The first kappa shape index (κ1) is 16.7. The first-order chi connectivity index (χ1) is 12.2. The molecule has 2 aliphatic rings. The molecular weight excluding hydrogens is 332 g/mol. The highest BCUT2D eigenvalue weighted by atomic mass is 32.2. The van der Waals surface area contributed by atoms with Gasteiger partial charge in [-0.25, -0.2) is 9.97 Å². The van der Waals surface area contributed by atoms with Crippen molar-refractivity contribution < 1.29 is 4.74 Å². The van der Waals surface area contributed by atoms with E-state index < -0.39 is 0 Å². The van der Waals surface area contributed by atoms with Gasteiger partial charge in [-0.05, 0) is 30.4 Å². The third kappa shape index (κ3) is 3.46. The van der Waals surface area contributed by atoms with Crippen LogP contribution in [0.3, 0.4) is 0 Å². The maximum Gasteiger partial charge on any atom is 0.225 e. The Hall–Kier alpha value is -1.79. The smallest absolute Gasteiger partial charge is 0.225 e. The number of benzene rings is 1. The Balaban J connectivity index is 1.39. The number of piperazine rings is 1. The van der Waals surface area contributed by atoms with Crippen molar-refractivity contribution in [3.8, 4) is 5.75 Å². The molecule has 0 saturated carbocycles. The summed E-state index contributed by atoms with van der Waals surface area (Å²) >= 11 is 1.67. The summed E-state index contributed by atoms with van der Waals surface area (Å²) in [4.78, 5) is 14.9. The van der Waals surface area contributed by atoms with Crippen molar-refractivity contribution in [3.05, 3.63) is 41.7 Å². The van der Waals surface area contributed by atoms with Crippen molar-refractivity contribution in [2.45, 2.75) is 24.3 Å². The molecule has 4 rings (SSSR count). The molecule has 0 spiro atoms.